The van der Waals surface area contributed by atoms with Crippen LogP contribution >= 0.6 is 0 Å². The quantitative estimate of drug-likeness (QED) is 0.344. The molecule has 1 aromatic rings. The Bertz CT molecular complexity index is 838. The van der Waals surface area contributed by atoms with E-state index >= 15 is 0 Å². The maximum atomic E-state index is 12.5. The van der Waals surface area contributed by atoms with E-state index in [1.165, 1.54) is 19.2 Å². The molecule has 0 bridgehead atoms. The summed E-state index contributed by atoms with van der Waals surface area (Å²) in [6, 6.07) is 4.63. The van der Waals surface area contributed by atoms with E-state index in [0.717, 1.165) is 0 Å². The first-order valence-corrected chi connectivity index (χ1v) is 11.2. The van der Waals surface area contributed by atoms with Crippen LogP contribution in [0, 0.1) is 0 Å². The van der Waals surface area contributed by atoms with Gasteiger partial charge in [-0.3, -0.25) is 19.2 Å². The van der Waals surface area contributed by atoms with E-state index < -0.39 is 35.5 Å². The molecule has 0 amide bonds. The highest BCUT2D eigenvalue weighted by Crippen LogP contribution is 2.31. The summed E-state index contributed by atoms with van der Waals surface area (Å²) >= 11 is 0. The SMILES string of the molecule is CCCC(=O)Oc1ccc(CC(N)(C[C@H](C)OC(=O)CC)C(=O)OC)cc1OC(=O)CCC. The molecule has 0 radical (unpaired) electrons. The van der Waals surface area contributed by atoms with Crippen LogP contribution in [0.1, 0.15) is 71.8 Å². The Balaban J connectivity index is 3.22. The summed E-state index contributed by atoms with van der Waals surface area (Å²) in [4.78, 5) is 48.2. The third kappa shape index (κ3) is 9.21. The van der Waals surface area contributed by atoms with Gasteiger partial charge in [-0.05, 0) is 37.5 Å². The smallest absolute Gasteiger partial charge is 0.326 e. The molecule has 0 aromatic heterocycles. The maximum absolute atomic E-state index is 12.5. The van der Waals surface area contributed by atoms with Gasteiger partial charge in [0.1, 0.15) is 11.6 Å². The number of hydrogen-bond acceptors (Lipinski definition) is 9. The first-order valence-electron chi connectivity index (χ1n) is 11.2. The van der Waals surface area contributed by atoms with Gasteiger partial charge in [0.05, 0.1) is 7.11 Å². The number of hydrogen-bond donors (Lipinski definition) is 1. The Morgan fingerprint density at radius 1 is 0.939 bits per heavy atom. The minimum Gasteiger partial charge on any atom is -0.468 e. The molecule has 2 N–H and O–H groups in total. The van der Waals surface area contributed by atoms with Crippen molar-refractivity contribution in [2.45, 2.75) is 84.3 Å². The number of methoxy groups -OCH3 is 1. The summed E-state index contributed by atoms with van der Waals surface area (Å²) in [5.74, 6) is -1.84. The summed E-state index contributed by atoms with van der Waals surface area (Å²) in [5.41, 5.74) is 5.44. The van der Waals surface area contributed by atoms with Crippen molar-refractivity contribution < 1.29 is 38.1 Å². The molecular formula is C24H35NO8. The number of esters is 4. The molecule has 0 spiro atoms. The van der Waals surface area contributed by atoms with E-state index in [4.69, 9.17) is 24.7 Å². The van der Waals surface area contributed by atoms with Crippen LogP contribution in [-0.4, -0.2) is 42.6 Å². The van der Waals surface area contributed by atoms with Crippen LogP contribution in [0.3, 0.4) is 0 Å². The fourth-order valence-electron chi connectivity index (χ4n) is 3.24. The number of carbonyl (C=O) groups excluding carboxylic acids is 4. The normalized spacial score (nSPS) is 13.4. The van der Waals surface area contributed by atoms with Crippen molar-refractivity contribution in [1.29, 1.82) is 0 Å². The van der Waals surface area contributed by atoms with Crippen molar-refractivity contribution in [2.24, 2.45) is 5.73 Å². The first kappa shape index (κ1) is 28.1. The lowest BCUT2D eigenvalue weighted by molar-refractivity contribution is -0.154. The lowest BCUT2D eigenvalue weighted by Gasteiger charge is -2.29. The maximum Gasteiger partial charge on any atom is 0.326 e. The molecule has 0 heterocycles. The minimum atomic E-state index is -1.51. The Labute approximate surface area is 194 Å². The van der Waals surface area contributed by atoms with Gasteiger partial charge in [0.15, 0.2) is 11.5 Å². The van der Waals surface area contributed by atoms with Crippen LogP contribution in [0.5, 0.6) is 11.5 Å². The predicted octanol–water partition coefficient (Wildman–Crippen LogP) is 3.24. The largest absolute Gasteiger partial charge is 0.468 e. The number of nitrogens with two attached hydrogens (primary N) is 1. The van der Waals surface area contributed by atoms with Crippen LogP contribution in [0.15, 0.2) is 18.2 Å². The highest BCUT2D eigenvalue weighted by atomic mass is 16.6. The molecule has 33 heavy (non-hydrogen) atoms. The second-order valence-corrected chi connectivity index (χ2v) is 7.91. The van der Waals surface area contributed by atoms with E-state index in [1.54, 1.807) is 19.9 Å². The monoisotopic (exact) mass is 465 g/mol. The third-order valence-electron chi connectivity index (χ3n) is 4.75. The molecule has 9 nitrogen and oxygen atoms in total. The molecule has 0 fully saturated rings. The fourth-order valence-corrected chi connectivity index (χ4v) is 3.24. The summed E-state index contributed by atoms with van der Waals surface area (Å²) in [6.07, 6.45) is 1.20. The zero-order valence-electron chi connectivity index (χ0n) is 20.1. The number of rotatable bonds is 13. The standard InChI is InChI=1S/C24H35NO8/c1-6-9-21(27)32-18-12-11-17(13-19(18)33-22(28)10-7-2)15-24(25,23(29)30-5)14-16(4)31-20(26)8-3/h11-13,16H,6-10,14-15,25H2,1-5H3/t16-,24?/m0/s1. The zero-order chi connectivity index (χ0) is 25.0. The van der Waals surface area contributed by atoms with Gasteiger partial charge in [0.25, 0.3) is 0 Å². The molecule has 0 aliphatic carbocycles. The molecule has 1 aromatic carbocycles. The van der Waals surface area contributed by atoms with E-state index in [0.29, 0.717) is 18.4 Å². The second kappa shape index (κ2) is 13.6. The second-order valence-electron chi connectivity index (χ2n) is 7.91. The van der Waals surface area contributed by atoms with Gasteiger partial charge >= 0.3 is 23.9 Å². The van der Waals surface area contributed by atoms with Crippen molar-refractivity contribution in [3.05, 3.63) is 23.8 Å². The summed E-state index contributed by atoms with van der Waals surface area (Å²) in [6.45, 7) is 7.00. The molecule has 184 valence electrons. The summed E-state index contributed by atoms with van der Waals surface area (Å²) < 4.78 is 20.9. The van der Waals surface area contributed by atoms with Crippen molar-refractivity contribution in [1.82, 2.24) is 0 Å². The first-order chi connectivity index (χ1) is 15.6. The molecule has 1 rings (SSSR count). The zero-order valence-corrected chi connectivity index (χ0v) is 20.1. The Morgan fingerprint density at radius 2 is 1.52 bits per heavy atom. The van der Waals surface area contributed by atoms with Gasteiger partial charge in [0, 0.05) is 32.1 Å². The summed E-state index contributed by atoms with van der Waals surface area (Å²) in [7, 11) is 1.22. The minimum absolute atomic E-state index is 0.00913. The molecule has 9 heteroatoms. The number of carbonyl (C=O) groups is 4. The lowest BCUT2D eigenvalue weighted by Crippen LogP contribution is -2.53. The Morgan fingerprint density at radius 3 is 2.03 bits per heavy atom. The van der Waals surface area contributed by atoms with Crippen LogP contribution in [0.25, 0.3) is 0 Å². The van der Waals surface area contributed by atoms with E-state index in [-0.39, 0.29) is 43.6 Å². The van der Waals surface area contributed by atoms with Crippen LogP contribution in [0.2, 0.25) is 0 Å². The van der Waals surface area contributed by atoms with Gasteiger partial charge in [-0.25, -0.2) is 0 Å². The average molecular weight is 466 g/mol. The highest BCUT2D eigenvalue weighted by Gasteiger charge is 2.38. The predicted molar refractivity (Wildman–Crippen MR) is 121 cm³/mol. The van der Waals surface area contributed by atoms with Gasteiger partial charge in [-0.1, -0.05) is 26.8 Å². The average Bonchev–Trinajstić information content (AvgIpc) is 2.74. The van der Waals surface area contributed by atoms with Crippen LogP contribution in [0.4, 0.5) is 0 Å². The van der Waals surface area contributed by atoms with E-state index in [2.05, 4.69) is 0 Å². The topological polar surface area (TPSA) is 131 Å². The summed E-state index contributed by atoms with van der Waals surface area (Å²) in [5, 5.41) is 0. The Kier molecular flexibility index (Phi) is 11.6. The van der Waals surface area contributed by atoms with Gasteiger partial charge < -0.3 is 24.7 Å². The number of ether oxygens (including phenoxy) is 4. The Hall–Kier alpha value is -2.94. The fraction of sp³-hybridized carbons (Fsp3) is 0.583. The molecule has 0 saturated heterocycles. The number of benzene rings is 1. The molecule has 2 atom stereocenters. The van der Waals surface area contributed by atoms with Crippen molar-refractivity contribution in [2.75, 3.05) is 7.11 Å². The molecule has 1 unspecified atom stereocenters. The molecule has 0 aliphatic rings. The molecule has 0 saturated carbocycles. The van der Waals surface area contributed by atoms with E-state index in [9.17, 15) is 19.2 Å². The van der Waals surface area contributed by atoms with Crippen molar-refractivity contribution >= 4 is 23.9 Å². The lowest BCUT2D eigenvalue weighted by atomic mass is 9.86. The van der Waals surface area contributed by atoms with Crippen molar-refractivity contribution in [3.63, 3.8) is 0 Å². The van der Waals surface area contributed by atoms with Crippen LogP contribution < -0.4 is 15.2 Å². The highest BCUT2D eigenvalue weighted by molar-refractivity contribution is 5.81. The van der Waals surface area contributed by atoms with Crippen molar-refractivity contribution in [3.8, 4) is 11.5 Å². The van der Waals surface area contributed by atoms with Crippen LogP contribution in [-0.2, 0) is 35.1 Å². The van der Waals surface area contributed by atoms with E-state index in [1.807, 2.05) is 13.8 Å². The van der Waals surface area contributed by atoms with Gasteiger partial charge in [-0.2, -0.15) is 0 Å². The third-order valence-corrected chi connectivity index (χ3v) is 4.75. The molecular weight excluding hydrogens is 430 g/mol. The van der Waals surface area contributed by atoms with Gasteiger partial charge in [-0.15, -0.1) is 0 Å². The van der Waals surface area contributed by atoms with Gasteiger partial charge in [0.2, 0.25) is 0 Å². The molecule has 0 aliphatic heterocycles.